The van der Waals surface area contributed by atoms with Crippen LogP contribution < -0.4 is 0 Å². The number of hydrogen-bond acceptors (Lipinski definition) is 3. The summed E-state index contributed by atoms with van der Waals surface area (Å²) in [5, 5.41) is 9.21. The molecule has 1 fully saturated rings. The summed E-state index contributed by atoms with van der Waals surface area (Å²) in [5.74, 6) is -1.35. The van der Waals surface area contributed by atoms with Crippen LogP contribution in [0.1, 0.15) is 52.0 Å². The minimum atomic E-state index is -1.10. The number of carbonyl (C=O) groups excluding carboxylic acids is 1. The maximum absolute atomic E-state index is 13.3. The molecule has 5 nitrogen and oxygen atoms in total. The van der Waals surface area contributed by atoms with Crippen molar-refractivity contribution in [2.75, 3.05) is 6.54 Å². The second kappa shape index (κ2) is 7.09. The Balaban J connectivity index is 1.76. The fourth-order valence-electron chi connectivity index (χ4n) is 2.90. The molecular formula is C19H20FNO4. The molecule has 3 rings (SSSR count). The van der Waals surface area contributed by atoms with E-state index in [0.29, 0.717) is 25.1 Å². The molecule has 25 heavy (non-hydrogen) atoms. The van der Waals surface area contributed by atoms with E-state index in [9.17, 15) is 19.1 Å². The molecular weight excluding hydrogens is 325 g/mol. The fraction of sp³-hybridized carbons (Fsp3) is 0.368. The van der Waals surface area contributed by atoms with Crippen molar-refractivity contribution in [1.29, 1.82) is 0 Å². The van der Waals surface area contributed by atoms with Crippen LogP contribution >= 0.6 is 0 Å². The number of hydrogen-bond donors (Lipinski definition) is 1. The van der Waals surface area contributed by atoms with Gasteiger partial charge in [-0.3, -0.25) is 4.79 Å². The standard InChI is InChI=1S/C19H20FNO4/c1-2-16-15(19(23)24)11-17(25-16)18(22)21(14-6-7-14)9-8-12-4-3-5-13(20)10-12/h3-5,10-11,14H,2,6-9H2,1H3,(H,23,24). The van der Waals surface area contributed by atoms with Crippen molar-refractivity contribution in [3.63, 3.8) is 0 Å². The van der Waals surface area contributed by atoms with E-state index in [4.69, 9.17) is 4.42 Å². The van der Waals surface area contributed by atoms with Crippen LogP contribution in [0.2, 0.25) is 0 Å². The van der Waals surface area contributed by atoms with Crippen molar-refractivity contribution in [3.8, 4) is 0 Å². The summed E-state index contributed by atoms with van der Waals surface area (Å²) >= 11 is 0. The Kier molecular flexibility index (Phi) is 4.88. The first kappa shape index (κ1) is 17.2. The number of benzene rings is 1. The number of aromatic carboxylic acids is 1. The van der Waals surface area contributed by atoms with Crippen LogP contribution in [-0.4, -0.2) is 34.5 Å². The highest BCUT2D eigenvalue weighted by atomic mass is 19.1. The number of amides is 1. The van der Waals surface area contributed by atoms with Gasteiger partial charge in [0, 0.05) is 25.1 Å². The molecule has 0 unspecified atom stereocenters. The summed E-state index contributed by atoms with van der Waals surface area (Å²) in [6.45, 7) is 2.22. The molecule has 1 N–H and O–H groups in total. The largest absolute Gasteiger partial charge is 0.478 e. The number of carbonyl (C=O) groups is 2. The predicted octanol–water partition coefficient (Wildman–Crippen LogP) is 3.53. The molecule has 0 spiro atoms. The Hall–Kier alpha value is -2.63. The number of carboxylic acids is 1. The van der Waals surface area contributed by atoms with Gasteiger partial charge >= 0.3 is 5.97 Å². The van der Waals surface area contributed by atoms with Gasteiger partial charge in [0.2, 0.25) is 0 Å². The topological polar surface area (TPSA) is 70.8 Å². The van der Waals surface area contributed by atoms with Crippen LogP contribution in [-0.2, 0) is 12.8 Å². The van der Waals surface area contributed by atoms with Crippen LogP contribution in [0.25, 0.3) is 0 Å². The average molecular weight is 345 g/mol. The molecule has 1 aromatic heterocycles. The normalized spacial score (nSPS) is 13.7. The predicted molar refractivity (Wildman–Crippen MR) is 89.2 cm³/mol. The molecule has 1 aliphatic rings. The zero-order valence-electron chi connectivity index (χ0n) is 14.0. The van der Waals surface area contributed by atoms with Gasteiger partial charge < -0.3 is 14.4 Å². The summed E-state index contributed by atoms with van der Waals surface area (Å²) in [6.07, 6.45) is 2.78. The van der Waals surface area contributed by atoms with E-state index >= 15 is 0 Å². The third-order valence-corrected chi connectivity index (χ3v) is 4.35. The minimum absolute atomic E-state index is 0.0340. The van der Waals surface area contributed by atoms with Crippen LogP contribution in [0, 0.1) is 5.82 Å². The maximum Gasteiger partial charge on any atom is 0.339 e. The lowest BCUT2D eigenvalue weighted by Crippen LogP contribution is -2.34. The second-order valence-corrected chi connectivity index (χ2v) is 6.22. The van der Waals surface area contributed by atoms with Gasteiger partial charge in [-0.05, 0) is 37.0 Å². The number of furan rings is 1. The first-order valence-electron chi connectivity index (χ1n) is 8.41. The highest BCUT2D eigenvalue weighted by Gasteiger charge is 2.34. The summed E-state index contributed by atoms with van der Waals surface area (Å²) < 4.78 is 18.8. The first-order chi connectivity index (χ1) is 12.0. The Morgan fingerprint density at radius 3 is 2.64 bits per heavy atom. The van der Waals surface area contributed by atoms with E-state index in [-0.39, 0.29) is 29.1 Å². The molecule has 132 valence electrons. The van der Waals surface area contributed by atoms with E-state index < -0.39 is 5.97 Å². The molecule has 1 aliphatic carbocycles. The van der Waals surface area contributed by atoms with Crippen LogP contribution in [0.15, 0.2) is 34.7 Å². The van der Waals surface area contributed by atoms with Crippen molar-refractivity contribution in [3.05, 3.63) is 58.8 Å². The smallest absolute Gasteiger partial charge is 0.339 e. The first-order valence-corrected chi connectivity index (χ1v) is 8.41. The van der Waals surface area contributed by atoms with Gasteiger partial charge in [0.25, 0.3) is 5.91 Å². The number of halogens is 1. The van der Waals surface area contributed by atoms with Crippen LogP contribution in [0.3, 0.4) is 0 Å². The van der Waals surface area contributed by atoms with Crippen molar-refractivity contribution >= 4 is 11.9 Å². The van der Waals surface area contributed by atoms with E-state index in [0.717, 1.165) is 18.4 Å². The number of rotatable bonds is 7. The lowest BCUT2D eigenvalue weighted by atomic mass is 10.1. The van der Waals surface area contributed by atoms with E-state index in [1.165, 1.54) is 18.2 Å². The monoisotopic (exact) mass is 345 g/mol. The van der Waals surface area contributed by atoms with E-state index in [1.54, 1.807) is 17.9 Å². The van der Waals surface area contributed by atoms with Crippen LogP contribution in [0.5, 0.6) is 0 Å². The minimum Gasteiger partial charge on any atom is -0.478 e. The van der Waals surface area contributed by atoms with Gasteiger partial charge in [0.15, 0.2) is 5.76 Å². The van der Waals surface area contributed by atoms with E-state index in [2.05, 4.69) is 0 Å². The zero-order valence-corrected chi connectivity index (χ0v) is 14.0. The van der Waals surface area contributed by atoms with Crippen LogP contribution in [0.4, 0.5) is 4.39 Å². The Morgan fingerprint density at radius 1 is 1.32 bits per heavy atom. The molecule has 6 heteroatoms. The SMILES string of the molecule is CCc1oc(C(=O)N(CCc2cccc(F)c2)C2CC2)cc1C(=O)O. The van der Waals surface area contributed by atoms with Crippen molar-refractivity contribution in [2.45, 2.75) is 38.6 Å². The molecule has 2 aromatic rings. The lowest BCUT2D eigenvalue weighted by Gasteiger charge is -2.21. The molecule has 0 aliphatic heterocycles. The van der Waals surface area contributed by atoms with Crippen molar-refractivity contribution < 1.29 is 23.5 Å². The highest BCUT2D eigenvalue weighted by molar-refractivity contribution is 5.96. The molecule has 1 amide bonds. The van der Waals surface area contributed by atoms with Gasteiger partial charge in [0.05, 0.1) is 0 Å². The summed E-state index contributed by atoms with van der Waals surface area (Å²) in [6, 6.07) is 7.76. The molecule has 1 heterocycles. The van der Waals surface area contributed by atoms with E-state index in [1.807, 2.05) is 6.07 Å². The molecule has 0 saturated heterocycles. The zero-order chi connectivity index (χ0) is 18.0. The van der Waals surface area contributed by atoms with Crippen molar-refractivity contribution in [1.82, 2.24) is 4.90 Å². The second-order valence-electron chi connectivity index (χ2n) is 6.22. The summed E-state index contributed by atoms with van der Waals surface area (Å²) in [5.41, 5.74) is 0.852. The van der Waals surface area contributed by atoms with Gasteiger partial charge in [0.1, 0.15) is 17.1 Å². The van der Waals surface area contributed by atoms with Gasteiger partial charge in [-0.15, -0.1) is 0 Å². The van der Waals surface area contributed by atoms with Crippen molar-refractivity contribution in [2.24, 2.45) is 0 Å². The Morgan fingerprint density at radius 2 is 2.08 bits per heavy atom. The van der Waals surface area contributed by atoms with Gasteiger partial charge in [-0.25, -0.2) is 9.18 Å². The lowest BCUT2D eigenvalue weighted by molar-refractivity contribution is 0.0689. The summed E-state index contributed by atoms with van der Waals surface area (Å²) in [7, 11) is 0. The molecule has 0 atom stereocenters. The molecule has 0 radical (unpaired) electrons. The molecule has 0 bridgehead atoms. The third kappa shape index (κ3) is 3.90. The third-order valence-electron chi connectivity index (χ3n) is 4.35. The van der Waals surface area contributed by atoms with Gasteiger partial charge in [-0.1, -0.05) is 19.1 Å². The average Bonchev–Trinajstić information content (AvgIpc) is 3.32. The maximum atomic E-state index is 13.3. The number of aryl methyl sites for hydroxylation is 1. The Labute approximate surface area is 145 Å². The summed E-state index contributed by atoms with van der Waals surface area (Å²) in [4.78, 5) is 25.7. The number of nitrogens with zero attached hydrogens (tertiary/aromatic N) is 1. The highest BCUT2D eigenvalue weighted by Crippen LogP contribution is 2.29. The molecule has 1 saturated carbocycles. The van der Waals surface area contributed by atoms with Gasteiger partial charge in [-0.2, -0.15) is 0 Å². The quantitative estimate of drug-likeness (QED) is 0.833. The molecule has 1 aromatic carbocycles. The Bertz CT molecular complexity index is 794. The number of carboxylic acid groups (broad SMARTS) is 1. The fourth-order valence-corrected chi connectivity index (χ4v) is 2.90.